The minimum absolute atomic E-state index is 0.200. The molecule has 0 radical (unpaired) electrons. The zero-order chi connectivity index (χ0) is 14.8. The Labute approximate surface area is 120 Å². The number of hydrogen-bond donors (Lipinski definition) is 2. The summed E-state index contributed by atoms with van der Waals surface area (Å²) in [5.74, 6) is -0.355. The Hall–Kier alpha value is -2.95. The molecule has 1 amide bonds. The molecule has 0 saturated carbocycles. The molecule has 0 aliphatic heterocycles. The summed E-state index contributed by atoms with van der Waals surface area (Å²) in [5, 5.41) is 9.98. The van der Waals surface area contributed by atoms with Crippen LogP contribution in [0.25, 0.3) is 10.8 Å². The molecule has 3 aromatic rings. The number of carbonyl (C=O) groups excluding carboxylic acids is 1. The van der Waals surface area contributed by atoms with Crippen molar-refractivity contribution in [1.82, 2.24) is 10.2 Å². The van der Waals surface area contributed by atoms with Crippen molar-refractivity contribution in [3.05, 3.63) is 70.1 Å². The fraction of sp³-hybridized carbons (Fsp3) is 0.0625. The SMILES string of the molecule is Cc1ccc(NC(=O)c2n[nH]c(=O)c3ccccc23)cc1. The van der Waals surface area contributed by atoms with Crippen molar-refractivity contribution in [2.24, 2.45) is 0 Å². The van der Waals surface area contributed by atoms with E-state index >= 15 is 0 Å². The van der Waals surface area contributed by atoms with Gasteiger partial charge in [-0.2, -0.15) is 5.10 Å². The van der Waals surface area contributed by atoms with Crippen molar-refractivity contribution in [2.45, 2.75) is 6.92 Å². The van der Waals surface area contributed by atoms with Crippen molar-refractivity contribution < 1.29 is 4.79 Å². The number of rotatable bonds is 2. The molecule has 0 spiro atoms. The number of aromatic amines is 1. The predicted molar refractivity (Wildman–Crippen MR) is 81.5 cm³/mol. The number of H-pyrrole nitrogens is 1. The first-order chi connectivity index (χ1) is 10.1. The van der Waals surface area contributed by atoms with Gasteiger partial charge in [0.2, 0.25) is 0 Å². The molecular weight excluding hydrogens is 266 g/mol. The zero-order valence-corrected chi connectivity index (χ0v) is 11.4. The van der Waals surface area contributed by atoms with Gasteiger partial charge in [-0.25, -0.2) is 5.10 Å². The Balaban J connectivity index is 2.00. The van der Waals surface area contributed by atoms with E-state index in [9.17, 15) is 9.59 Å². The van der Waals surface area contributed by atoms with Crippen LogP contribution in [-0.2, 0) is 0 Å². The third kappa shape index (κ3) is 2.53. The van der Waals surface area contributed by atoms with Gasteiger partial charge in [-0.05, 0) is 25.1 Å². The van der Waals surface area contributed by atoms with Crippen molar-refractivity contribution in [3.63, 3.8) is 0 Å². The highest BCUT2D eigenvalue weighted by molar-refractivity contribution is 6.11. The molecule has 1 heterocycles. The predicted octanol–water partition coefficient (Wildman–Crippen LogP) is 2.48. The molecule has 0 saturated heterocycles. The summed E-state index contributed by atoms with van der Waals surface area (Å²) < 4.78 is 0. The first-order valence-electron chi connectivity index (χ1n) is 6.50. The second-order valence-electron chi connectivity index (χ2n) is 4.77. The number of aryl methyl sites for hydroxylation is 1. The summed E-state index contributed by atoms with van der Waals surface area (Å²) in [6, 6.07) is 14.4. The van der Waals surface area contributed by atoms with E-state index in [0.717, 1.165) is 5.56 Å². The van der Waals surface area contributed by atoms with Crippen molar-refractivity contribution in [1.29, 1.82) is 0 Å². The van der Waals surface area contributed by atoms with Crippen LogP contribution in [0.3, 0.4) is 0 Å². The van der Waals surface area contributed by atoms with Gasteiger partial charge in [-0.1, -0.05) is 35.9 Å². The second kappa shape index (κ2) is 5.20. The summed E-state index contributed by atoms with van der Waals surface area (Å²) in [6.45, 7) is 1.97. The normalized spacial score (nSPS) is 10.5. The van der Waals surface area contributed by atoms with Gasteiger partial charge in [0.1, 0.15) is 0 Å². The highest BCUT2D eigenvalue weighted by Crippen LogP contribution is 2.15. The minimum Gasteiger partial charge on any atom is -0.321 e. The Morgan fingerprint density at radius 1 is 1.05 bits per heavy atom. The molecule has 0 bridgehead atoms. The fourth-order valence-electron chi connectivity index (χ4n) is 2.12. The standard InChI is InChI=1S/C16H13N3O2/c1-10-6-8-11(9-7-10)17-16(21)14-12-4-2-3-5-13(12)15(20)19-18-14/h2-9H,1H3,(H,17,21)(H,19,20). The van der Waals surface area contributed by atoms with E-state index < -0.39 is 0 Å². The van der Waals surface area contributed by atoms with Gasteiger partial charge < -0.3 is 5.32 Å². The van der Waals surface area contributed by atoms with Gasteiger partial charge >= 0.3 is 0 Å². The summed E-state index contributed by atoms with van der Waals surface area (Å²) in [7, 11) is 0. The largest absolute Gasteiger partial charge is 0.321 e. The van der Waals surface area contributed by atoms with Gasteiger partial charge in [0.05, 0.1) is 5.39 Å². The lowest BCUT2D eigenvalue weighted by Crippen LogP contribution is -2.19. The monoisotopic (exact) mass is 279 g/mol. The summed E-state index contributed by atoms with van der Waals surface area (Å²) in [6.07, 6.45) is 0. The van der Waals surface area contributed by atoms with Crippen molar-refractivity contribution in [2.75, 3.05) is 5.32 Å². The van der Waals surface area contributed by atoms with Crippen LogP contribution in [0.15, 0.2) is 53.3 Å². The van der Waals surface area contributed by atoms with Gasteiger partial charge in [0, 0.05) is 11.1 Å². The van der Waals surface area contributed by atoms with E-state index in [1.165, 1.54) is 0 Å². The van der Waals surface area contributed by atoms with Crippen molar-refractivity contribution in [3.8, 4) is 0 Å². The van der Waals surface area contributed by atoms with E-state index in [-0.39, 0.29) is 17.2 Å². The van der Waals surface area contributed by atoms with Crippen LogP contribution in [0.1, 0.15) is 16.1 Å². The van der Waals surface area contributed by atoms with Crippen LogP contribution in [0.5, 0.6) is 0 Å². The molecule has 2 N–H and O–H groups in total. The Morgan fingerprint density at radius 3 is 2.43 bits per heavy atom. The van der Waals surface area contributed by atoms with Crippen LogP contribution < -0.4 is 10.9 Å². The maximum Gasteiger partial charge on any atom is 0.276 e. The Bertz CT molecular complexity index is 867. The second-order valence-corrected chi connectivity index (χ2v) is 4.77. The third-order valence-electron chi connectivity index (χ3n) is 3.22. The molecule has 21 heavy (non-hydrogen) atoms. The van der Waals surface area contributed by atoms with Crippen LogP contribution in [-0.4, -0.2) is 16.1 Å². The molecule has 0 unspecified atom stereocenters. The molecule has 0 fully saturated rings. The summed E-state index contributed by atoms with van der Waals surface area (Å²) in [5.41, 5.74) is 1.69. The van der Waals surface area contributed by atoms with Crippen LogP contribution >= 0.6 is 0 Å². The van der Waals surface area contributed by atoms with Crippen LogP contribution in [0.4, 0.5) is 5.69 Å². The third-order valence-corrected chi connectivity index (χ3v) is 3.22. The van der Waals surface area contributed by atoms with Gasteiger partial charge in [-0.15, -0.1) is 0 Å². The molecule has 5 nitrogen and oxygen atoms in total. The summed E-state index contributed by atoms with van der Waals surface area (Å²) >= 11 is 0. The number of benzene rings is 2. The smallest absolute Gasteiger partial charge is 0.276 e. The average molecular weight is 279 g/mol. The van der Waals surface area contributed by atoms with Gasteiger partial charge in [0.25, 0.3) is 11.5 Å². The highest BCUT2D eigenvalue weighted by Gasteiger charge is 2.13. The fourth-order valence-corrected chi connectivity index (χ4v) is 2.12. The van der Waals surface area contributed by atoms with Gasteiger partial charge in [0.15, 0.2) is 5.69 Å². The molecule has 2 aromatic carbocycles. The topological polar surface area (TPSA) is 74.8 Å². The van der Waals surface area contributed by atoms with E-state index in [2.05, 4.69) is 15.5 Å². The number of aromatic nitrogens is 2. The molecule has 5 heteroatoms. The lowest BCUT2D eigenvalue weighted by molar-refractivity contribution is 0.102. The number of amides is 1. The lowest BCUT2D eigenvalue weighted by Gasteiger charge is -2.07. The van der Waals surface area contributed by atoms with Crippen LogP contribution in [0.2, 0.25) is 0 Å². The lowest BCUT2D eigenvalue weighted by atomic mass is 10.1. The summed E-state index contributed by atoms with van der Waals surface area (Å²) in [4.78, 5) is 24.0. The van der Waals surface area contributed by atoms with E-state index in [0.29, 0.717) is 16.5 Å². The number of hydrogen-bond acceptors (Lipinski definition) is 3. The maximum absolute atomic E-state index is 12.3. The number of anilines is 1. The first-order valence-corrected chi connectivity index (χ1v) is 6.50. The van der Waals surface area contributed by atoms with E-state index in [4.69, 9.17) is 0 Å². The zero-order valence-electron chi connectivity index (χ0n) is 11.4. The Kier molecular flexibility index (Phi) is 3.23. The highest BCUT2D eigenvalue weighted by atomic mass is 16.2. The quantitative estimate of drug-likeness (QED) is 0.756. The van der Waals surface area contributed by atoms with Gasteiger partial charge in [-0.3, -0.25) is 9.59 Å². The molecule has 1 aromatic heterocycles. The first kappa shape index (κ1) is 13.1. The minimum atomic E-state index is -0.355. The number of nitrogens with zero attached hydrogens (tertiary/aromatic N) is 1. The molecule has 0 atom stereocenters. The van der Waals surface area contributed by atoms with Crippen molar-refractivity contribution >= 4 is 22.4 Å². The molecule has 0 aliphatic carbocycles. The molecule has 104 valence electrons. The number of nitrogens with one attached hydrogen (secondary N) is 2. The van der Waals surface area contributed by atoms with E-state index in [1.54, 1.807) is 24.3 Å². The van der Waals surface area contributed by atoms with Crippen LogP contribution in [0, 0.1) is 6.92 Å². The molecule has 0 aliphatic rings. The number of fused-ring (bicyclic) bond motifs is 1. The molecular formula is C16H13N3O2. The number of carbonyl (C=O) groups is 1. The Morgan fingerprint density at radius 2 is 1.71 bits per heavy atom. The maximum atomic E-state index is 12.3. The molecule has 3 rings (SSSR count). The average Bonchev–Trinajstić information content (AvgIpc) is 2.50. The van der Waals surface area contributed by atoms with E-state index in [1.807, 2.05) is 31.2 Å².